The predicted octanol–water partition coefficient (Wildman–Crippen LogP) is 2.71. The average Bonchev–Trinajstić information content (AvgIpc) is 2.87. The van der Waals surface area contributed by atoms with Gasteiger partial charge in [0, 0.05) is 12.3 Å². The van der Waals surface area contributed by atoms with Gasteiger partial charge < -0.3 is 11.1 Å². The van der Waals surface area contributed by atoms with Crippen LogP contribution in [0.5, 0.6) is 0 Å². The third-order valence-corrected chi connectivity index (χ3v) is 5.11. The summed E-state index contributed by atoms with van der Waals surface area (Å²) in [7, 11) is -3.30. The fraction of sp³-hybridized carbons (Fsp3) is 0.500. The van der Waals surface area contributed by atoms with Gasteiger partial charge in [-0.25, -0.2) is 13.4 Å². The molecule has 0 unspecified atom stereocenters. The van der Waals surface area contributed by atoms with Crippen molar-refractivity contribution in [3.8, 4) is 0 Å². The molecule has 0 spiro atoms. The van der Waals surface area contributed by atoms with E-state index in [1.165, 1.54) is 18.9 Å². The molecule has 5 nitrogen and oxygen atoms in total. The highest BCUT2D eigenvalue weighted by Gasteiger charge is 2.15. The van der Waals surface area contributed by atoms with Gasteiger partial charge in [0.2, 0.25) is 0 Å². The topological polar surface area (TPSA) is 84.5 Å². The number of guanidine groups is 1. The Morgan fingerprint density at radius 2 is 2.05 bits per heavy atom. The summed E-state index contributed by atoms with van der Waals surface area (Å²) in [5.74, 6) is 0.421. The van der Waals surface area contributed by atoms with Crippen molar-refractivity contribution in [3.63, 3.8) is 0 Å². The van der Waals surface area contributed by atoms with E-state index in [-0.39, 0.29) is 33.9 Å². The number of rotatable bonds is 4. The average molecular weight is 458 g/mol. The Hall–Kier alpha value is -0.540. The van der Waals surface area contributed by atoms with Crippen molar-refractivity contribution in [1.29, 1.82) is 0 Å². The van der Waals surface area contributed by atoms with Crippen molar-refractivity contribution in [3.05, 3.63) is 28.8 Å². The van der Waals surface area contributed by atoms with Crippen LogP contribution in [0.1, 0.15) is 31.2 Å². The first-order chi connectivity index (χ1) is 9.86. The van der Waals surface area contributed by atoms with E-state index in [4.69, 9.17) is 17.3 Å². The SMILES string of the molecule is CS(=O)(=O)c1ccc(CN=C(N)NC2CCCC2)cc1Cl.I. The van der Waals surface area contributed by atoms with E-state index >= 15 is 0 Å². The normalized spacial score (nSPS) is 16.4. The van der Waals surface area contributed by atoms with Gasteiger partial charge in [-0.1, -0.05) is 30.5 Å². The molecule has 0 bridgehead atoms. The molecule has 0 radical (unpaired) electrons. The van der Waals surface area contributed by atoms with Crippen LogP contribution in [0.15, 0.2) is 28.1 Å². The van der Waals surface area contributed by atoms with Crippen molar-refractivity contribution in [1.82, 2.24) is 5.32 Å². The molecular formula is C14H21ClIN3O2S. The number of benzene rings is 1. The molecule has 0 heterocycles. The number of nitrogens with zero attached hydrogens (tertiary/aromatic N) is 1. The molecule has 0 saturated heterocycles. The molecule has 1 fully saturated rings. The third kappa shape index (κ3) is 5.58. The zero-order valence-electron chi connectivity index (χ0n) is 12.4. The lowest BCUT2D eigenvalue weighted by molar-refractivity contribution is 0.602. The zero-order chi connectivity index (χ0) is 15.5. The molecular weight excluding hydrogens is 437 g/mol. The van der Waals surface area contributed by atoms with Crippen LogP contribution in [0.25, 0.3) is 0 Å². The quantitative estimate of drug-likeness (QED) is 0.414. The van der Waals surface area contributed by atoms with Gasteiger partial charge in [0.05, 0.1) is 16.5 Å². The number of hydrogen-bond acceptors (Lipinski definition) is 3. The molecule has 8 heteroatoms. The highest BCUT2D eigenvalue weighted by Crippen LogP contribution is 2.23. The molecule has 1 aliphatic rings. The maximum absolute atomic E-state index is 11.5. The van der Waals surface area contributed by atoms with Crippen LogP contribution in [0, 0.1) is 0 Å². The predicted molar refractivity (Wildman–Crippen MR) is 101 cm³/mol. The molecule has 2 rings (SSSR count). The van der Waals surface area contributed by atoms with E-state index in [1.807, 2.05) is 0 Å². The summed E-state index contributed by atoms with van der Waals surface area (Å²) in [4.78, 5) is 4.40. The molecule has 0 aliphatic heterocycles. The lowest BCUT2D eigenvalue weighted by Gasteiger charge is -2.12. The highest BCUT2D eigenvalue weighted by molar-refractivity contribution is 14.0. The second kappa shape index (κ2) is 8.35. The zero-order valence-corrected chi connectivity index (χ0v) is 16.3. The molecule has 0 atom stereocenters. The molecule has 1 aliphatic carbocycles. The molecule has 0 aromatic heterocycles. The molecule has 1 aromatic rings. The van der Waals surface area contributed by atoms with Crippen molar-refractivity contribution in [2.75, 3.05) is 6.26 Å². The van der Waals surface area contributed by atoms with Gasteiger partial charge in [-0.3, -0.25) is 0 Å². The maximum Gasteiger partial charge on any atom is 0.189 e. The Bertz CT molecular complexity index is 643. The number of nitrogens with two attached hydrogens (primary N) is 1. The van der Waals surface area contributed by atoms with Crippen LogP contribution in [-0.2, 0) is 16.4 Å². The summed E-state index contributed by atoms with van der Waals surface area (Å²) in [5.41, 5.74) is 6.67. The maximum atomic E-state index is 11.5. The number of sulfone groups is 1. The van der Waals surface area contributed by atoms with E-state index in [0.29, 0.717) is 18.5 Å². The first kappa shape index (κ1) is 19.5. The summed E-state index contributed by atoms with van der Waals surface area (Å²) in [6.45, 7) is 0.370. The summed E-state index contributed by atoms with van der Waals surface area (Å²) in [6.07, 6.45) is 5.85. The fourth-order valence-corrected chi connectivity index (χ4v) is 3.80. The van der Waals surface area contributed by atoms with Gasteiger partial charge in [0.15, 0.2) is 15.8 Å². The number of aliphatic imine (C=N–C) groups is 1. The van der Waals surface area contributed by atoms with Crippen LogP contribution < -0.4 is 11.1 Å². The van der Waals surface area contributed by atoms with Crippen LogP contribution in [0.3, 0.4) is 0 Å². The summed E-state index contributed by atoms with van der Waals surface area (Å²) < 4.78 is 23.0. The van der Waals surface area contributed by atoms with Crippen molar-refractivity contribution in [2.45, 2.75) is 43.2 Å². The number of nitrogens with one attached hydrogen (secondary N) is 1. The minimum atomic E-state index is -3.30. The van der Waals surface area contributed by atoms with Crippen LogP contribution in [-0.4, -0.2) is 26.7 Å². The van der Waals surface area contributed by atoms with E-state index in [9.17, 15) is 8.42 Å². The fourth-order valence-electron chi connectivity index (χ4n) is 2.44. The van der Waals surface area contributed by atoms with Gasteiger partial charge in [-0.2, -0.15) is 0 Å². The summed E-state index contributed by atoms with van der Waals surface area (Å²) >= 11 is 5.99. The standard InChI is InChI=1S/C14H20ClN3O2S.HI/c1-21(19,20)13-7-6-10(8-12(13)15)9-17-14(16)18-11-4-2-3-5-11;/h6-8,11H,2-5,9H2,1H3,(H3,16,17,18);1H. The Morgan fingerprint density at radius 1 is 1.41 bits per heavy atom. The monoisotopic (exact) mass is 457 g/mol. The highest BCUT2D eigenvalue weighted by atomic mass is 127. The molecule has 0 amide bonds. The Labute approximate surface area is 153 Å². The van der Waals surface area contributed by atoms with Crippen LogP contribution in [0.2, 0.25) is 5.02 Å². The number of hydrogen-bond donors (Lipinski definition) is 2. The van der Waals surface area contributed by atoms with Crippen molar-refractivity contribution in [2.24, 2.45) is 10.7 Å². The van der Waals surface area contributed by atoms with Gasteiger partial charge in [0.1, 0.15) is 0 Å². The molecule has 22 heavy (non-hydrogen) atoms. The Balaban J connectivity index is 0.00000242. The molecule has 1 saturated carbocycles. The Kier molecular flexibility index (Phi) is 7.40. The molecule has 124 valence electrons. The van der Waals surface area contributed by atoms with E-state index in [2.05, 4.69) is 10.3 Å². The summed E-state index contributed by atoms with van der Waals surface area (Å²) in [6, 6.07) is 5.24. The van der Waals surface area contributed by atoms with Crippen molar-refractivity contribution >= 4 is 51.4 Å². The van der Waals surface area contributed by atoms with Gasteiger partial charge in [-0.05, 0) is 30.5 Å². The largest absolute Gasteiger partial charge is 0.370 e. The minimum Gasteiger partial charge on any atom is -0.370 e. The lowest BCUT2D eigenvalue weighted by atomic mass is 10.2. The lowest BCUT2D eigenvalue weighted by Crippen LogP contribution is -2.38. The second-order valence-electron chi connectivity index (χ2n) is 5.36. The van der Waals surface area contributed by atoms with Crippen molar-refractivity contribution < 1.29 is 8.42 Å². The molecule has 3 N–H and O–H groups in total. The van der Waals surface area contributed by atoms with Gasteiger partial charge in [0.25, 0.3) is 0 Å². The Morgan fingerprint density at radius 3 is 2.59 bits per heavy atom. The smallest absolute Gasteiger partial charge is 0.189 e. The van der Waals surface area contributed by atoms with Gasteiger partial charge in [-0.15, -0.1) is 24.0 Å². The van der Waals surface area contributed by atoms with Crippen LogP contribution in [0.4, 0.5) is 0 Å². The third-order valence-electron chi connectivity index (χ3n) is 3.53. The van der Waals surface area contributed by atoms with Gasteiger partial charge >= 0.3 is 0 Å². The van der Waals surface area contributed by atoms with E-state index in [0.717, 1.165) is 24.7 Å². The first-order valence-electron chi connectivity index (χ1n) is 6.91. The number of halogens is 2. The van der Waals surface area contributed by atoms with E-state index in [1.54, 1.807) is 12.1 Å². The second-order valence-corrected chi connectivity index (χ2v) is 7.76. The first-order valence-corrected chi connectivity index (χ1v) is 9.18. The molecule has 1 aromatic carbocycles. The van der Waals surface area contributed by atoms with Crippen LogP contribution >= 0.6 is 35.6 Å². The minimum absolute atomic E-state index is 0. The summed E-state index contributed by atoms with van der Waals surface area (Å²) in [5, 5.41) is 3.41. The van der Waals surface area contributed by atoms with E-state index < -0.39 is 9.84 Å².